The number of hydrogen-bond acceptors (Lipinski definition) is 2. The molecule has 0 aromatic heterocycles. The fourth-order valence-electron chi connectivity index (χ4n) is 1.81. The molecule has 0 bridgehead atoms. The first-order valence-electron chi connectivity index (χ1n) is 4.90. The van der Waals surface area contributed by atoms with E-state index in [0.717, 1.165) is 25.9 Å². The van der Waals surface area contributed by atoms with Crippen molar-refractivity contribution in [1.29, 1.82) is 0 Å². The van der Waals surface area contributed by atoms with Crippen LogP contribution in [0.3, 0.4) is 0 Å². The first-order valence-corrected chi connectivity index (χ1v) is 4.90. The highest BCUT2D eigenvalue weighted by atomic mass is 16.1. The van der Waals surface area contributed by atoms with Crippen molar-refractivity contribution in [3.8, 4) is 0 Å². The van der Waals surface area contributed by atoms with Crippen LogP contribution in [0.4, 0.5) is 0 Å². The number of fused-ring (bicyclic) bond motifs is 1. The minimum atomic E-state index is -0.343. The lowest BCUT2D eigenvalue weighted by atomic mass is 10.0. The Hall–Kier alpha value is -1.35. The smallest absolute Gasteiger partial charge is 0.248 e. The van der Waals surface area contributed by atoms with E-state index in [1.807, 2.05) is 12.1 Å². The highest BCUT2D eigenvalue weighted by Crippen LogP contribution is 2.16. The van der Waals surface area contributed by atoms with E-state index in [2.05, 4.69) is 5.32 Å². The zero-order valence-electron chi connectivity index (χ0n) is 8.05. The first-order chi connectivity index (χ1) is 6.77. The van der Waals surface area contributed by atoms with Gasteiger partial charge in [0.2, 0.25) is 5.91 Å². The number of nitrogens with one attached hydrogen (secondary N) is 1. The number of primary amides is 1. The second kappa shape index (κ2) is 3.80. The summed E-state index contributed by atoms with van der Waals surface area (Å²) in [6.07, 6.45) is 2.15. The maximum Gasteiger partial charge on any atom is 0.248 e. The third kappa shape index (κ3) is 1.77. The molecular formula is C11H14N2O. The Morgan fingerprint density at radius 2 is 2.21 bits per heavy atom. The Labute approximate surface area is 83.3 Å². The van der Waals surface area contributed by atoms with Gasteiger partial charge in [0.25, 0.3) is 0 Å². The van der Waals surface area contributed by atoms with Crippen LogP contribution in [0.1, 0.15) is 27.9 Å². The van der Waals surface area contributed by atoms with Gasteiger partial charge < -0.3 is 11.1 Å². The Kier molecular flexibility index (Phi) is 2.50. The van der Waals surface area contributed by atoms with Gasteiger partial charge in [-0.15, -0.1) is 0 Å². The average molecular weight is 190 g/mol. The van der Waals surface area contributed by atoms with Crippen LogP contribution in [0.15, 0.2) is 18.2 Å². The molecule has 0 unspecified atom stereocenters. The third-order valence-electron chi connectivity index (χ3n) is 2.61. The largest absolute Gasteiger partial charge is 0.366 e. The molecule has 0 radical (unpaired) electrons. The number of benzene rings is 1. The van der Waals surface area contributed by atoms with Crippen LogP contribution in [-0.4, -0.2) is 12.5 Å². The summed E-state index contributed by atoms with van der Waals surface area (Å²) in [5.41, 5.74) is 8.39. The quantitative estimate of drug-likeness (QED) is 0.689. The van der Waals surface area contributed by atoms with E-state index in [9.17, 15) is 4.79 Å². The van der Waals surface area contributed by atoms with Gasteiger partial charge in [-0.3, -0.25) is 4.79 Å². The highest BCUT2D eigenvalue weighted by Gasteiger charge is 2.09. The molecule has 0 spiro atoms. The molecule has 1 aromatic carbocycles. The van der Waals surface area contributed by atoms with E-state index in [1.165, 1.54) is 11.1 Å². The summed E-state index contributed by atoms with van der Waals surface area (Å²) >= 11 is 0. The van der Waals surface area contributed by atoms with Gasteiger partial charge in [0, 0.05) is 12.1 Å². The van der Waals surface area contributed by atoms with E-state index in [-0.39, 0.29) is 5.91 Å². The van der Waals surface area contributed by atoms with Gasteiger partial charge in [0.15, 0.2) is 0 Å². The van der Waals surface area contributed by atoms with Crippen molar-refractivity contribution in [2.24, 2.45) is 5.73 Å². The molecule has 1 aliphatic heterocycles. The normalized spacial score (nSPS) is 15.7. The second-order valence-corrected chi connectivity index (χ2v) is 3.63. The minimum Gasteiger partial charge on any atom is -0.366 e. The van der Waals surface area contributed by atoms with Gasteiger partial charge in [0.05, 0.1) is 0 Å². The van der Waals surface area contributed by atoms with Gasteiger partial charge in [-0.2, -0.15) is 0 Å². The standard InChI is InChI=1S/C11H14N2O/c12-11(14)9-3-4-10-7-13-5-1-2-8(10)6-9/h3-4,6,13H,1-2,5,7H2,(H2,12,14). The summed E-state index contributed by atoms with van der Waals surface area (Å²) in [5, 5.41) is 3.34. The predicted molar refractivity (Wildman–Crippen MR) is 55.0 cm³/mol. The molecule has 3 N–H and O–H groups in total. The van der Waals surface area contributed by atoms with Gasteiger partial charge >= 0.3 is 0 Å². The number of carbonyl (C=O) groups excluding carboxylic acids is 1. The van der Waals surface area contributed by atoms with E-state index >= 15 is 0 Å². The lowest BCUT2D eigenvalue weighted by molar-refractivity contribution is 0.1000. The summed E-state index contributed by atoms with van der Waals surface area (Å²) in [6.45, 7) is 1.94. The number of amides is 1. The molecule has 2 rings (SSSR count). The zero-order valence-corrected chi connectivity index (χ0v) is 8.05. The lowest BCUT2D eigenvalue weighted by Crippen LogP contribution is -2.13. The number of carbonyl (C=O) groups is 1. The van der Waals surface area contributed by atoms with Crippen LogP contribution in [0, 0.1) is 0 Å². The van der Waals surface area contributed by atoms with Crippen LogP contribution in [0.5, 0.6) is 0 Å². The van der Waals surface area contributed by atoms with E-state index in [0.29, 0.717) is 5.56 Å². The zero-order chi connectivity index (χ0) is 9.97. The minimum absolute atomic E-state index is 0.343. The van der Waals surface area contributed by atoms with Crippen molar-refractivity contribution in [2.45, 2.75) is 19.4 Å². The topological polar surface area (TPSA) is 55.1 Å². The lowest BCUT2D eigenvalue weighted by Gasteiger charge is -2.06. The van der Waals surface area contributed by atoms with Crippen LogP contribution >= 0.6 is 0 Å². The third-order valence-corrected chi connectivity index (χ3v) is 2.61. The summed E-state index contributed by atoms with van der Waals surface area (Å²) in [6, 6.07) is 5.71. The Morgan fingerprint density at radius 1 is 1.36 bits per heavy atom. The molecule has 0 fully saturated rings. The SMILES string of the molecule is NC(=O)c1ccc2c(c1)CCCNC2. The van der Waals surface area contributed by atoms with Crippen LogP contribution < -0.4 is 11.1 Å². The van der Waals surface area contributed by atoms with Crippen LogP contribution in [0.25, 0.3) is 0 Å². The van der Waals surface area contributed by atoms with Crippen molar-refractivity contribution in [3.05, 3.63) is 34.9 Å². The van der Waals surface area contributed by atoms with E-state index in [4.69, 9.17) is 5.73 Å². The maximum atomic E-state index is 11.0. The monoisotopic (exact) mass is 190 g/mol. The van der Waals surface area contributed by atoms with Gasteiger partial charge in [0.1, 0.15) is 0 Å². The molecule has 0 saturated heterocycles. The molecule has 1 amide bonds. The van der Waals surface area contributed by atoms with E-state index in [1.54, 1.807) is 6.07 Å². The summed E-state index contributed by atoms with van der Waals surface area (Å²) < 4.78 is 0. The molecule has 0 aliphatic carbocycles. The van der Waals surface area contributed by atoms with Gasteiger partial charge in [-0.25, -0.2) is 0 Å². The fourth-order valence-corrected chi connectivity index (χ4v) is 1.81. The number of nitrogens with two attached hydrogens (primary N) is 1. The molecule has 0 saturated carbocycles. The van der Waals surface area contributed by atoms with Crippen LogP contribution in [0.2, 0.25) is 0 Å². The van der Waals surface area contributed by atoms with E-state index < -0.39 is 0 Å². The molecule has 3 heteroatoms. The molecule has 0 atom stereocenters. The first kappa shape index (κ1) is 9.21. The van der Waals surface area contributed by atoms with Gasteiger partial charge in [-0.05, 0) is 42.6 Å². The average Bonchev–Trinajstić information content (AvgIpc) is 2.41. The molecule has 14 heavy (non-hydrogen) atoms. The summed E-state index contributed by atoms with van der Waals surface area (Å²) in [4.78, 5) is 11.0. The maximum absolute atomic E-state index is 11.0. The number of hydrogen-bond donors (Lipinski definition) is 2. The number of aryl methyl sites for hydroxylation is 1. The molecule has 1 aromatic rings. The van der Waals surface area contributed by atoms with Crippen molar-refractivity contribution >= 4 is 5.91 Å². The van der Waals surface area contributed by atoms with Crippen molar-refractivity contribution in [3.63, 3.8) is 0 Å². The Balaban J connectivity index is 2.37. The molecular weight excluding hydrogens is 176 g/mol. The molecule has 1 heterocycles. The second-order valence-electron chi connectivity index (χ2n) is 3.63. The summed E-state index contributed by atoms with van der Waals surface area (Å²) in [5.74, 6) is -0.343. The van der Waals surface area contributed by atoms with Gasteiger partial charge in [-0.1, -0.05) is 6.07 Å². The fraction of sp³-hybridized carbons (Fsp3) is 0.364. The molecule has 3 nitrogen and oxygen atoms in total. The Bertz CT molecular complexity index is 360. The van der Waals surface area contributed by atoms with Crippen molar-refractivity contribution in [2.75, 3.05) is 6.54 Å². The molecule has 1 aliphatic rings. The highest BCUT2D eigenvalue weighted by molar-refractivity contribution is 5.93. The number of rotatable bonds is 1. The predicted octanol–water partition coefficient (Wildman–Crippen LogP) is 0.821. The summed E-state index contributed by atoms with van der Waals surface area (Å²) in [7, 11) is 0. The Morgan fingerprint density at radius 3 is 3.00 bits per heavy atom. The van der Waals surface area contributed by atoms with Crippen molar-refractivity contribution < 1.29 is 4.79 Å². The molecule has 74 valence electrons. The van der Waals surface area contributed by atoms with Crippen LogP contribution in [-0.2, 0) is 13.0 Å². The van der Waals surface area contributed by atoms with Crippen molar-refractivity contribution in [1.82, 2.24) is 5.32 Å².